The van der Waals surface area contributed by atoms with E-state index < -0.39 is 5.60 Å². The molecule has 106 valence electrons. The number of amides is 1. The molecule has 1 aliphatic heterocycles. The lowest BCUT2D eigenvalue weighted by molar-refractivity contribution is 0.0283. The van der Waals surface area contributed by atoms with E-state index in [1.165, 1.54) is 5.56 Å². The maximum Gasteiger partial charge on any atom is 0.410 e. The van der Waals surface area contributed by atoms with Crippen LogP contribution >= 0.6 is 11.3 Å². The molecule has 0 spiro atoms. The Morgan fingerprint density at radius 2 is 2.26 bits per heavy atom. The number of nitrogens with zero attached hydrogens (tertiary/aromatic N) is 1. The molecule has 0 unspecified atom stereocenters. The van der Waals surface area contributed by atoms with Gasteiger partial charge in [0, 0.05) is 31.5 Å². The first kappa shape index (κ1) is 14.3. The van der Waals surface area contributed by atoms with Gasteiger partial charge in [0.05, 0.1) is 0 Å². The van der Waals surface area contributed by atoms with Crippen molar-refractivity contribution in [2.75, 3.05) is 19.7 Å². The Bertz CT molecular complexity index is 424. The molecule has 1 saturated heterocycles. The van der Waals surface area contributed by atoms with Crippen molar-refractivity contribution in [2.24, 2.45) is 5.92 Å². The number of thiophene rings is 1. The van der Waals surface area contributed by atoms with Crippen molar-refractivity contribution in [1.82, 2.24) is 4.90 Å². The number of aliphatic hydroxyl groups is 1. The summed E-state index contributed by atoms with van der Waals surface area (Å²) in [6.45, 7) is 6.87. The number of likely N-dealkylation sites (tertiary alicyclic amines) is 1. The molecule has 1 fully saturated rings. The van der Waals surface area contributed by atoms with E-state index in [-0.39, 0.29) is 24.5 Å². The van der Waals surface area contributed by atoms with Crippen LogP contribution in [-0.4, -0.2) is 41.4 Å². The highest BCUT2D eigenvalue weighted by molar-refractivity contribution is 7.07. The molecule has 0 aliphatic carbocycles. The van der Waals surface area contributed by atoms with Crippen LogP contribution in [0.4, 0.5) is 4.79 Å². The molecule has 1 aliphatic rings. The summed E-state index contributed by atoms with van der Waals surface area (Å²) < 4.78 is 5.39. The highest BCUT2D eigenvalue weighted by atomic mass is 32.1. The Labute approximate surface area is 118 Å². The molecule has 2 atom stereocenters. The van der Waals surface area contributed by atoms with Gasteiger partial charge in [-0.05, 0) is 43.2 Å². The maximum atomic E-state index is 12.1. The largest absolute Gasteiger partial charge is 0.444 e. The lowest BCUT2D eigenvalue weighted by Gasteiger charge is -2.24. The predicted molar refractivity (Wildman–Crippen MR) is 75.4 cm³/mol. The van der Waals surface area contributed by atoms with Crippen LogP contribution in [0.3, 0.4) is 0 Å². The van der Waals surface area contributed by atoms with E-state index in [1.807, 2.05) is 26.2 Å². The minimum atomic E-state index is -0.480. The van der Waals surface area contributed by atoms with Crippen LogP contribution in [-0.2, 0) is 4.74 Å². The fourth-order valence-electron chi connectivity index (χ4n) is 2.40. The highest BCUT2D eigenvalue weighted by Crippen LogP contribution is 2.34. The number of rotatable bonds is 2. The summed E-state index contributed by atoms with van der Waals surface area (Å²) in [6, 6.07) is 2.07. The van der Waals surface area contributed by atoms with Gasteiger partial charge < -0.3 is 14.7 Å². The van der Waals surface area contributed by atoms with Crippen LogP contribution in [0.5, 0.6) is 0 Å². The second-order valence-electron chi connectivity index (χ2n) is 5.99. The summed E-state index contributed by atoms with van der Waals surface area (Å²) in [4.78, 5) is 13.8. The molecule has 1 aromatic rings. The summed E-state index contributed by atoms with van der Waals surface area (Å²) in [6.07, 6.45) is -0.288. The van der Waals surface area contributed by atoms with Gasteiger partial charge >= 0.3 is 6.09 Å². The van der Waals surface area contributed by atoms with E-state index >= 15 is 0 Å². The van der Waals surface area contributed by atoms with E-state index in [2.05, 4.69) is 11.4 Å². The summed E-state index contributed by atoms with van der Waals surface area (Å²) >= 11 is 1.64. The van der Waals surface area contributed by atoms with Crippen LogP contribution in [0, 0.1) is 5.92 Å². The van der Waals surface area contributed by atoms with Crippen LogP contribution in [0.1, 0.15) is 32.3 Å². The smallest absolute Gasteiger partial charge is 0.410 e. The Kier molecular flexibility index (Phi) is 4.16. The normalized spacial score (nSPS) is 23.7. The third kappa shape index (κ3) is 3.48. The van der Waals surface area contributed by atoms with Crippen molar-refractivity contribution in [3.8, 4) is 0 Å². The van der Waals surface area contributed by atoms with Gasteiger partial charge in [-0.3, -0.25) is 0 Å². The summed E-state index contributed by atoms with van der Waals surface area (Å²) in [5.74, 6) is 0.311. The average molecular weight is 283 g/mol. The number of aliphatic hydroxyl groups excluding tert-OH is 1. The highest BCUT2D eigenvalue weighted by Gasteiger charge is 2.37. The predicted octanol–water partition coefficient (Wildman–Crippen LogP) is 2.69. The number of carbonyl (C=O) groups is 1. The van der Waals surface area contributed by atoms with Gasteiger partial charge in [0.1, 0.15) is 5.60 Å². The van der Waals surface area contributed by atoms with Crippen molar-refractivity contribution >= 4 is 17.4 Å². The number of ether oxygens (including phenoxy) is 1. The van der Waals surface area contributed by atoms with Gasteiger partial charge in [-0.1, -0.05) is 0 Å². The minimum Gasteiger partial charge on any atom is -0.444 e. The second kappa shape index (κ2) is 5.51. The van der Waals surface area contributed by atoms with Crippen molar-refractivity contribution in [3.05, 3.63) is 22.4 Å². The Hall–Kier alpha value is -1.07. The molecule has 2 rings (SSSR count). The molecule has 19 heavy (non-hydrogen) atoms. The quantitative estimate of drug-likeness (QED) is 0.908. The molecule has 0 saturated carbocycles. The molecule has 0 bridgehead atoms. The molecule has 1 N–H and O–H groups in total. The van der Waals surface area contributed by atoms with E-state index in [4.69, 9.17) is 4.74 Å². The topological polar surface area (TPSA) is 49.8 Å². The molecule has 0 aromatic carbocycles. The molecular weight excluding hydrogens is 262 g/mol. The van der Waals surface area contributed by atoms with E-state index in [1.54, 1.807) is 16.2 Å². The zero-order chi connectivity index (χ0) is 14.0. The zero-order valence-electron chi connectivity index (χ0n) is 11.6. The number of hydrogen-bond donors (Lipinski definition) is 1. The van der Waals surface area contributed by atoms with Crippen LogP contribution in [0.2, 0.25) is 0 Å². The van der Waals surface area contributed by atoms with Crippen molar-refractivity contribution in [1.29, 1.82) is 0 Å². The molecule has 2 heterocycles. The zero-order valence-corrected chi connectivity index (χ0v) is 12.4. The first-order chi connectivity index (χ1) is 8.90. The number of carbonyl (C=O) groups excluding carboxylic acids is 1. The molecule has 1 amide bonds. The van der Waals surface area contributed by atoms with Gasteiger partial charge in [0.25, 0.3) is 0 Å². The molecule has 0 radical (unpaired) electrons. The second-order valence-corrected chi connectivity index (χ2v) is 6.77. The average Bonchev–Trinajstić information content (AvgIpc) is 2.95. The SMILES string of the molecule is CC(C)(C)OC(=O)N1C[C@H](CO)[C@H](c2ccsc2)C1. The van der Waals surface area contributed by atoms with Crippen LogP contribution in [0.15, 0.2) is 16.8 Å². The molecule has 5 heteroatoms. The van der Waals surface area contributed by atoms with Gasteiger partial charge in [0.15, 0.2) is 0 Å². The van der Waals surface area contributed by atoms with Gasteiger partial charge in [-0.2, -0.15) is 11.3 Å². The Morgan fingerprint density at radius 1 is 1.53 bits per heavy atom. The van der Waals surface area contributed by atoms with E-state index in [9.17, 15) is 9.90 Å². The van der Waals surface area contributed by atoms with E-state index in [0.29, 0.717) is 13.1 Å². The fourth-order valence-corrected chi connectivity index (χ4v) is 3.12. The lowest BCUT2D eigenvalue weighted by Crippen LogP contribution is -2.35. The monoisotopic (exact) mass is 283 g/mol. The van der Waals surface area contributed by atoms with Crippen molar-refractivity contribution < 1.29 is 14.6 Å². The molecule has 4 nitrogen and oxygen atoms in total. The standard InChI is InChI=1S/C14H21NO3S/c1-14(2,3)18-13(17)15-6-11(8-16)12(7-15)10-4-5-19-9-10/h4-5,9,11-12,16H,6-8H2,1-3H3/t11-,12+/m1/s1. The van der Waals surface area contributed by atoms with Gasteiger partial charge in [0.2, 0.25) is 0 Å². The van der Waals surface area contributed by atoms with E-state index in [0.717, 1.165) is 0 Å². The lowest BCUT2D eigenvalue weighted by atomic mass is 9.92. The first-order valence-electron chi connectivity index (χ1n) is 6.51. The summed E-state index contributed by atoms with van der Waals surface area (Å²) in [5.41, 5.74) is 0.724. The van der Waals surface area contributed by atoms with Gasteiger partial charge in [-0.15, -0.1) is 0 Å². The van der Waals surface area contributed by atoms with Crippen molar-refractivity contribution in [2.45, 2.75) is 32.3 Å². The Morgan fingerprint density at radius 3 is 2.79 bits per heavy atom. The summed E-state index contributed by atoms with van der Waals surface area (Å²) in [5, 5.41) is 13.6. The van der Waals surface area contributed by atoms with Crippen LogP contribution in [0.25, 0.3) is 0 Å². The Balaban J connectivity index is 2.05. The van der Waals surface area contributed by atoms with Gasteiger partial charge in [-0.25, -0.2) is 4.79 Å². The van der Waals surface area contributed by atoms with Crippen molar-refractivity contribution in [3.63, 3.8) is 0 Å². The maximum absolute atomic E-state index is 12.1. The third-order valence-corrected chi connectivity index (χ3v) is 4.00. The molecule has 1 aromatic heterocycles. The fraction of sp³-hybridized carbons (Fsp3) is 0.643. The summed E-state index contributed by atoms with van der Waals surface area (Å²) in [7, 11) is 0. The minimum absolute atomic E-state index is 0.0970. The molecular formula is C14H21NO3S. The number of hydrogen-bond acceptors (Lipinski definition) is 4. The first-order valence-corrected chi connectivity index (χ1v) is 7.46. The van der Waals surface area contributed by atoms with Crippen LogP contribution < -0.4 is 0 Å². The third-order valence-electron chi connectivity index (χ3n) is 3.30.